The Hall–Kier alpha value is -3.07. The Morgan fingerprint density at radius 3 is 2.50 bits per heavy atom. The summed E-state index contributed by atoms with van der Waals surface area (Å²) in [5.74, 6) is 1.02. The van der Waals surface area contributed by atoms with Gasteiger partial charge in [-0.3, -0.25) is 4.79 Å². The van der Waals surface area contributed by atoms with Crippen LogP contribution in [0.4, 0.5) is 5.69 Å². The Balaban J connectivity index is 1.74. The lowest BCUT2D eigenvalue weighted by atomic mass is 9.86. The lowest BCUT2D eigenvalue weighted by Crippen LogP contribution is -2.23. The molecule has 0 fully saturated rings. The molecule has 4 rings (SSSR count). The van der Waals surface area contributed by atoms with E-state index in [1.807, 2.05) is 49.4 Å². The molecule has 1 N–H and O–H groups in total. The summed E-state index contributed by atoms with van der Waals surface area (Å²) in [5.41, 5.74) is 2.53. The van der Waals surface area contributed by atoms with E-state index in [-0.39, 0.29) is 11.8 Å². The van der Waals surface area contributed by atoms with Crippen molar-refractivity contribution in [1.29, 1.82) is 0 Å². The Labute approximate surface area is 165 Å². The molecule has 0 spiro atoms. The molecule has 1 aromatic heterocycles. The fraction of sp³-hybridized carbons (Fsp3) is 0.240. The minimum atomic E-state index is -0.225. The van der Waals surface area contributed by atoms with Crippen molar-refractivity contribution in [2.45, 2.75) is 33.1 Å². The molecule has 0 aliphatic heterocycles. The van der Waals surface area contributed by atoms with Gasteiger partial charge in [-0.25, -0.2) is 0 Å². The maximum Gasteiger partial charge on any atom is 0.232 e. The van der Waals surface area contributed by atoms with Crippen LogP contribution in [-0.4, -0.2) is 5.91 Å². The maximum absolute atomic E-state index is 13.4. The van der Waals surface area contributed by atoms with Crippen molar-refractivity contribution in [3.63, 3.8) is 0 Å². The van der Waals surface area contributed by atoms with Gasteiger partial charge in [0.15, 0.2) is 5.58 Å². The molecular weight excluding hydrogens is 346 g/mol. The minimum absolute atomic E-state index is 0.00612. The van der Waals surface area contributed by atoms with E-state index in [9.17, 15) is 4.79 Å². The molecule has 28 heavy (non-hydrogen) atoms. The molecule has 1 unspecified atom stereocenters. The number of carbonyl (C=O) groups is 1. The quantitative estimate of drug-likeness (QED) is 0.426. The Morgan fingerprint density at radius 2 is 1.68 bits per heavy atom. The monoisotopic (exact) mass is 371 g/mol. The molecule has 0 bridgehead atoms. The molecule has 1 amide bonds. The fourth-order valence-corrected chi connectivity index (χ4v) is 3.91. The van der Waals surface area contributed by atoms with E-state index < -0.39 is 0 Å². The number of benzene rings is 3. The number of rotatable bonds is 5. The van der Waals surface area contributed by atoms with E-state index in [1.165, 1.54) is 0 Å². The zero-order valence-corrected chi connectivity index (χ0v) is 16.5. The summed E-state index contributed by atoms with van der Waals surface area (Å²) < 4.78 is 5.82. The van der Waals surface area contributed by atoms with Gasteiger partial charge in [0.25, 0.3) is 0 Å². The molecule has 0 saturated carbocycles. The molecule has 4 aromatic rings. The van der Waals surface area contributed by atoms with E-state index in [1.54, 1.807) is 0 Å². The summed E-state index contributed by atoms with van der Waals surface area (Å²) in [4.78, 5) is 13.4. The molecule has 3 aromatic carbocycles. The molecular formula is C25H25NO2. The van der Waals surface area contributed by atoms with Crippen LogP contribution in [-0.2, 0) is 4.79 Å². The average Bonchev–Trinajstić information content (AvgIpc) is 3.07. The van der Waals surface area contributed by atoms with E-state index in [2.05, 4.69) is 43.4 Å². The highest BCUT2D eigenvalue weighted by Gasteiger charge is 2.24. The lowest BCUT2D eigenvalue weighted by Gasteiger charge is -2.21. The standard InChI is InChI=1S/C25H25NO2/c1-16(2)14-22(21-12-6-9-18-8-4-5-11-20(18)21)25(27)26-23-13-7-10-19-15-17(3)28-24(19)23/h4-13,15-16,22H,14H2,1-3H3,(H,26,27). The van der Waals surface area contributed by atoms with Gasteiger partial charge in [-0.05, 0) is 47.7 Å². The van der Waals surface area contributed by atoms with Gasteiger partial charge >= 0.3 is 0 Å². The van der Waals surface area contributed by atoms with Crippen molar-refractivity contribution >= 4 is 33.3 Å². The van der Waals surface area contributed by atoms with E-state index >= 15 is 0 Å². The molecule has 3 nitrogen and oxygen atoms in total. The van der Waals surface area contributed by atoms with Crippen molar-refractivity contribution < 1.29 is 9.21 Å². The van der Waals surface area contributed by atoms with Gasteiger partial charge in [-0.1, -0.05) is 68.4 Å². The van der Waals surface area contributed by atoms with Crippen LogP contribution in [0.5, 0.6) is 0 Å². The van der Waals surface area contributed by atoms with Crippen LogP contribution in [0.1, 0.15) is 37.5 Å². The summed E-state index contributed by atoms with van der Waals surface area (Å²) in [7, 11) is 0. The van der Waals surface area contributed by atoms with Crippen LogP contribution < -0.4 is 5.32 Å². The summed E-state index contributed by atoms with van der Waals surface area (Å²) in [6.45, 7) is 6.23. The maximum atomic E-state index is 13.4. The van der Waals surface area contributed by atoms with E-state index in [4.69, 9.17) is 4.42 Å². The first-order chi connectivity index (χ1) is 13.5. The highest BCUT2D eigenvalue weighted by Crippen LogP contribution is 2.33. The van der Waals surface area contributed by atoms with Gasteiger partial charge in [-0.2, -0.15) is 0 Å². The van der Waals surface area contributed by atoms with Crippen molar-refractivity contribution in [3.05, 3.63) is 78.1 Å². The van der Waals surface area contributed by atoms with Crippen LogP contribution in [0.2, 0.25) is 0 Å². The van der Waals surface area contributed by atoms with Crippen LogP contribution >= 0.6 is 0 Å². The number of nitrogens with one attached hydrogen (secondary N) is 1. The van der Waals surface area contributed by atoms with E-state index in [0.29, 0.717) is 5.92 Å². The first kappa shape index (κ1) is 18.3. The fourth-order valence-electron chi connectivity index (χ4n) is 3.91. The Kier molecular flexibility index (Phi) is 4.91. The van der Waals surface area contributed by atoms with Gasteiger partial charge in [0, 0.05) is 5.39 Å². The predicted molar refractivity (Wildman–Crippen MR) is 116 cm³/mol. The average molecular weight is 371 g/mol. The van der Waals surface area contributed by atoms with Crippen molar-refractivity contribution in [3.8, 4) is 0 Å². The highest BCUT2D eigenvalue weighted by molar-refractivity contribution is 6.04. The molecule has 142 valence electrons. The topological polar surface area (TPSA) is 42.2 Å². The number of aryl methyl sites for hydroxylation is 1. The summed E-state index contributed by atoms with van der Waals surface area (Å²) >= 11 is 0. The van der Waals surface area contributed by atoms with Crippen LogP contribution in [0.15, 0.2) is 71.1 Å². The zero-order valence-electron chi connectivity index (χ0n) is 16.5. The third-order valence-corrected chi connectivity index (χ3v) is 5.15. The van der Waals surface area contributed by atoms with Gasteiger partial charge in [0.05, 0.1) is 11.6 Å². The second-order valence-electron chi connectivity index (χ2n) is 7.82. The lowest BCUT2D eigenvalue weighted by molar-refractivity contribution is -0.117. The van der Waals surface area contributed by atoms with Gasteiger partial charge in [-0.15, -0.1) is 0 Å². The molecule has 3 heteroatoms. The predicted octanol–water partition coefficient (Wildman–Crippen LogP) is 6.66. The third kappa shape index (κ3) is 3.53. The second kappa shape index (κ2) is 7.51. The van der Waals surface area contributed by atoms with E-state index in [0.717, 1.165) is 45.2 Å². The minimum Gasteiger partial charge on any atom is -0.459 e. The molecule has 0 aliphatic rings. The molecule has 1 atom stereocenters. The number of para-hydroxylation sites is 1. The Morgan fingerprint density at radius 1 is 0.964 bits per heavy atom. The SMILES string of the molecule is Cc1cc2cccc(NC(=O)C(CC(C)C)c3cccc4ccccc34)c2o1. The number of carbonyl (C=O) groups excluding carboxylic acids is 1. The van der Waals surface area contributed by atoms with Crippen LogP contribution in [0.3, 0.4) is 0 Å². The number of hydrogen-bond donors (Lipinski definition) is 1. The van der Waals surface area contributed by atoms with Gasteiger partial charge in [0.2, 0.25) is 5.91 Å². The summed E-state index contributed by atoms with van der Waals surface area (Å²) in [6.07, 6.45) is 0.785. The zero-order chi connectivity index (χ0) is 19.7. The normalized spacial score (nSPS) is 12.6. The molecule has 0 radical (unpaired) electrons. The van der Waals surface area contributed by atoms with Crippen LogP contribution in [0.25, 0.3) is 21.7 Å². The number of furan rings is 1. The number of anilines is 1. The molecule has 0 saturated heterocycles. The third-order valence-electron chi connectivity index (χ3n) is 5.15. The second-order valence-corrected chi connectivity index (χ2v) is 7.82. The van der Waals surface area contributed by atoms with Crippen molar-refractivity contribution in [1.82, 2.24) is 0 Å². The largest absolute Gasteiger partial charge is 0.459 e. The first-order valence-corrected chi connectivity index (χ1v) is 9.80. The molecule has 0 aliphatic carbocycles. The molecule has 1 heterocycles. The van der Waals surface area contributed by atoms with Gasteiger partial charge in [0.1, 0.15) is 5.76 Å². The van der Waals surface area contributed by atoms with Crippen molar-refractivity contribution in [2.75, 3.05) is 5.32 Å². The van der Waals surface area contributed by atoms with Crippen LogP contribution in [0, 0.1) is 12.8 Å². The highest BCUT2D eigenvalue weighted by atomic mass is 16.3. The summed E-state index contributed by atoms with van der Waals surface area (Å²) in [6, 6.07) is 22.3. The summed E-state index contributed by atoms with van der Waals surface area (Å²) in [5, 5.41) is 6.43. The number of hydrogen-bond acceptors (Lipinski definition) is 2. The van der Waals surface area contributed by atoms with Crippen molar-refractivity contribution in [2.24, 2.45) is 5.92 Å². The smallest absolute Gasteiger partial charge is 0.232 e. The number of fused-ring (bicyclic) bond motifs is 2. The van der Waals surface area contributed by atoms with Gasteiger partial charge < -0.3 is 9.73 Å². The number of amides is 1. The Bertz CT molecular complexity index is 1130. The first-order valence-electron chi connectivity index (χ1n) is 9.80.